The van der Waals surface area contributed by atoms with Crippen LogP contribution in [0.3, 0.4) is 0 Å². The Labute approximate surface area is 161 Å². The smallest absolute Gasteiger partial charge is 0.239 e. The largest absolute Gasteiger partial charge is 0.357 e. The molecule has 3 N–H and O–H groups in total. The molecule has 0 spiro atoms. The highest BCUT2D eigenvalue weighted by atomic mass is 16.2. The fourth-order valence-corrected chi connectivity index (χ4v) is 2.56. The van der Waals surface area contributed by atoms with Crippen molar-refractivity contribution in [2.24, 2.45) is 4.99 Å². The van der Waals surface area contributed by atoms with Crippen LogP contribution in [0.15, 0.2) is 48.0 Å². The first-order valence-electron chi connectivity index (χ1n) is 9.22. The van der Waals surface area contributed by atoms with Gasteiger partial charge in [-0.25, -0.2) is 9.98 Å². The fourth-order valence-electron chi connectivity index (χ4n) is 2.56. The van der Waals surface area contributed by atoms with E-state index in [0.29, 0.717) is 12.5 Å². The molecule has 1 heterocycles. The number of guanidine groups is 1. The Kier molecular flexibility index (Phi) is 7.40. The zero-order chi connectivity index (χ0) is 19.7. The summed E-state index contributed by atoms with van der Waals surface area (Å²) in [6.45, 7) is 10.1. The molecule has 0 aliphatic rings. The second-order valence-corrected chi connectivity index (χ2v) is 7.40. The summed E-state index contributed by atoms with van der Waals surface area (Å²) in [5, 5.41) is 9.17. The van der Waals surface area contributed by atoms with E-state index in [1.54, 1.807) is 12.5 Å². The minimum Gasteiger partial charge on any atom is -0.357 e. The van der Waals surface area contributed by atoms with Gasteiger partial charge in [0.25, 0.3) is 0 Å². The number of nitrogens with zero attached hydrogens (tertiary/aromatic N) is 3. The Balaban J connectivity index is 1.94. The van der Waals surface area contributed by atoms with Gasteiger partial charge in [-0.3, -0.25) is 4.79 Å². The lowest BCUT2D eigenvalue weighted by atomic mass is 10.1. The number of amides is 1. The molecule has 0 radical (unpaired) electrons. The van der Waals surface area contributed by atoms with Gasteiger partial charge in [-0.15, -0.1) is 0 Å². The third-order valence-corrected chi connectivity index (χ3v) is 3.61. The standard InChI is InChI=1S/C20H30N6O/c1-5-22-19(24-13-18(27)25-20(2,3)4)23-12-16-7-6-8-17(11-16)14-26-10-9-21-15-26/h6-11,15H,5,12-14H2,1-4H3,(H,25,27)(H2,22,23,24). The molecule has 0 fully saturated rings. The van der Waals surface area contributed by atoms with Crippen molar-refractivity contribution in [1.29, 1.82) is 0 Å². The van der Waals surface area contributed by atoms with Crippen LogP contribution in [0.1, 0.15) is 38.8 Å². The van der Waals surface area contributed by atoms with Crippen molar-refractivity contribution in [3.8, 4) is 0 Å². The van der Waals surface area contributed by atoms with E-state index in [9.17, 15) is 4.79 Å². The van der Waals surface area contributed by atoms with Gasteiger partial charge in [0, 0.05) is 31.0 Å². The summed E-state index contributed by atoms with van der Waals surface area (Å²) in [5.74, 6) is 0.567. The van der Waals surface area contributed by atoms with Crippen molar-refractivity contribution >= 4 is 11.9 Å². The van der Waals surface area contributed by atoms with E-state index < -0.39 is 0 Å². The number of carbonyl (C=O) groups excluding carboxylic acids is 1. The maximum absolute atomic E-state index is 12.0. The first-order valence-corrected chi connectivity index (χ1v) is 9.22. The van der Waals surface area contributed by atoms with Gasteiger partial charge in [0.2, 0.25) is 5.91 Å². The van der Waals surface area contributed by atoms with Crippen LogP contribution in [0, 0.1) is 0 Å². The van der Waals surface area contributed by atoms with E-state index >= 15 is 0 Å². The molecular weight excluding hydrogens is 340 g/mol. The van der Waals surface area contributed by atoms with Crippen LogP contribution in [0.25, 0.3) is 0 Å². The van der Waals surface area contributed by atoms with Crippen LogP contribution >= 0.6 is 0 Å². The number of hydrogen-bond donors (Lipinski definition) is 3. The van der Waals surface area contributed by atoms with Crippen LogP contribution in [-0.4, -0.2) is 40.0 Å². The molecule has 0 bridgehead atoms. The second-order valence-electron chi connectivity index (χ2n) is 7.40. The number of benzene rings is 1. The third kappa shape index (κ3) is 7.94. The topological polar surface area (TPSA) is 83.3 Å². The Hall–Kier alpha value is -2.83. The summed E-state index contributed by atoms with van der Waals surface area (Å²) >= 11 is 0. The van der Waals surface area contributed by atoms with Gasteiger partial charge in [0.1, 0.15) is 0 Å². The average Bonchev–Trinajstić information content (AvgIpc) is 3.09. The molecule has 0 atom stereocenters. The zero-order valence-electron chi connectivity index (χ0n) is 16.6. The van der Waals surface area contributed by atoms with Crippen LogP contribution < -0.4 is 16.0 Å². The molecule has 7 heteroatoms. The van der Waals surface area contributed by atoms with Crippen molar-refractivity contribution in [2.45, 2.75) is 46.3 Å². The third-order valence-electron chi connectivity index (χ3n) is 3.61. The molecule has 1 aromatic heterocycles. The molecule has 0 saturated heterocycles. The lowest BCUT2D eigenvalue weighted by molar-refractivity contribution is -0.121. The van der Waals surface area contributed by atoms with Crippen molar-refractivity contribution in [1.82, 2.24) is 25.5 Å². The summed E-state index contributed by atoms with van der Waals surface area (Å²) in [4.78, 5) is 20.6. The van der Waals surface area contributed by atoms with Crippen LogP contribution in [0.4, 0.5) is 0 Å². The highest BCUT2D eigenvalue weighted by molar-refractivity contribution is 5.86. The number of aliphatic imine (C=N–C) groups is 1. The Bertz CT molecular complexity index is 746. The lowest BCUT2D eigenvalue weighted by Crippen LogP contribution is -2.48. The number of hydrogen-bond acceptors (Lipinski definition) is 3. The van der Waals surface area contributed by atoms with E-state index in [-0.39, 0.29) is 18.0 Å². The number of nitrogens with one attached hydrogen (secondary N) is 3. The molecule has 146 valence electrons. The molecule has 2 rings (SSSR count). The first kappa shape index (κ1) is 20.5. The molecule has 0 aliphatic heterocycles. The summed E-state index contributed by atoms with van der Waals surface area (Å²) in [6, 6.07) is 8.32. The van der Waals surface area contributed by atoms with Gasteiger partial charge in [0.05, 0.1) is 19.4 Å². The summed E-state index contributed by atoms with van der Waals surface area (Å²) in [5.41, 5.74) is 2.07. The number of imidazole rings is 1. The highest BCUT2D eigenvalue weighted by Gasteiger charge is 2.13. The molecule has 1 aromatic carbocycles. The molecule has 1 amide bonds. The minimum atomic E-state index is -0.246. The Morgan fingerprint density at radius 1 is 1.22 bits per heavy atom. The number of carbonyl (C=O) groups is 1. The molecule has 0 saturated carbocycles. The molecule has 0 aliphatic carbocycles. The maximum atomic E-state index is 12.0. The van der Waals surface area contributed by atoms with Gasteiger partial charge >= 0.3 is 0 Å². The highest BCUT2D eigenvalue weighted by Crippen LogP contribution is 2.08. The number of aromatic nitrogens is 2. The quantitative estimate of drug-likeness (QED) is 0.513. The predicted molar refractivity (Wildman–Crippen MR) is 108 cm³/mol. The van der Waals surface area contributed by atoms with Crippen LogP contribution in [0.5, 0.6) is 0 Å². The molecule has 2 aromatic rings. The molecule has 27 heavy (non-hydrogen) atoms. The van der Waals surface area contributed by atoms with Crippen molar-refractivity contribution in [3.05, 3.63) is 54.1 Å². The van der Waals surface area contributed by atoms with Crippen molar-refractivity contribution in [3.63, 3.8) is 0 Å². The van der Waals surface area contributed by atoms with Crippen molar-refractivity contribution < 1.29 is 4.79 Å². The molecule has 7 nitrogen and oxygen atoms in total. The zero-order valence-corrected chi connectivity index (χ0v) is 16.6. The van der Waals surface area contributed by atoms with E-state index in [0.717, 1.165) is 18.7 Å². The first-order chi connectivity index (χ1) is 12.9. The summed E-state index contributed by atoms with van der Waals surface area (Å²) < 4.78 is 2.03. The molecular formula is C20H30N6O. The van der Waals surface area contributed by atoms with E-state index in [4.69, 9.17) is 0 Å². The predicted octanol–water partition coefficient (Wildman–Crippen LogP) is 1.90. The van der Waals surface area contributed by atoms with E-state index in [2.05, 4.69) is 44.1 Å². The maximum Gasteiger partial charge on any atom is 0.239 e. The van der Waals surface area contributed by atoms with Gasteiger partial charge in [0.15, 0.2) is 5.96 Å². The Morgan fingerprint density at radius 2 is 2.00 bits per heavy atom. The van der Waals surface area contributed by atoms with Gasteiger partial charge in [-0.1, -0.05) is 24.3 Å². The van der Waals surface area contributed by atoms with Gasteiger partial charge < -0.3 is 20.5 Å². The van der Waals surface area contributed by atoms with Gasteiger partial charge in [-0.05, 0) is 38.8 Å². The van der Waals surface area contributed by atoms with Gasteiger partial charge in [-0.2, -0.15) is 0 Å². The van der Waals surface area contributed by atoms with Crippen LogP contribution in [-0.2, 0) is 17.9 Å². The fraction of sp³-hybridized carbons (Fsp3) is 0.450. The normalized spacial score (nSPS) is 11.9. The van der Waals surface area contributed by atoms with Crippen LogP contribution in [0.2, 0.25) is 0 Å². The molecule has 0 unspecified atom stereocenters. The Morgan fingerprint density at radius 3 is 2.67 bits per heavy atom. The van der Waals surface area contributed by atoms with E-state index in [1.807, 2.05) is 44.5 Å². The second kappa shape index (κ2) is 9.75. The summed E-state index contributed by atoms with van der Waals surface area (Å²) in [6.07, 6.45) is 5.53. The lowest BCUT2D eigenvalue weighted by Gasteiger charge is -2.21. The minimum absolute atomic E-state index is 0.0598. The van der Waals surface area contributed by atoms with E-state index in [1.165, 1.54) is 5.56 Å². The monoisotopic (exact) mass is 370 g/mol. The van der Waals surface area contributed by atoms with Crippen molar-refractivity contribution in [2.75, 3.05) is 13.1 Å². The average molecular weight is 371 g/mol. The summed E-state index contributed by atoms with van der Waals surface area (Å²) in [7, 11) is 0. The SMILES string of the molecule is CCNC(=NCc1cccc(Cn2ccnc2)c1)NCC(=O)NC(C)(C)C. The number of rotatable bonds is 7.